The number of hydrogen-bond acceptors (Lipinski definition) is 5. The highest BCUT2D eigenvalue weighted by molar-refractivity contribution is 5.64. The van der Waals surface area contributed by atoms with Crippen LogP contribution in [0.2, 0.25) is 0 Å². The molecule has 0 aromatic heterocycles. The number of nitrogens with one attached hydrogen (secondary N) is 1. The van der Waals surface area contributed by atoms with Crippen molar-refractivity contribution in [2.24, 2.45) is 0 Å². The second kappa shape index (κ2) is 6.75. The predicted molar refractivity (Wildman–Crippen MR) is 64.6 cm³/mol. The Kier molecular flexibility index (Phi) is 5.31. The quantitative estimate of drug-likeness (QED) is 0.461. The molecule has 0 fully saturated rings. The van der Waals surface area contributed by atoms with Crippen LogP contribution in [0, 0.1) is 15.9 Å². The van der Waals surface area contributed by atoms with E-state index >= 15 is 0 Å². The lowest BCUT2D eigenvalue weighted by Gasteiger charge is -2.09. The zero-order chi connectivity index (χ0) is 13.5. The maximum atomic E-state index is 13.4. The molecule has 1 N–H and O–H groups in total. The topological polar surface area (TPSA) is 73.6 Å². The third kappa shape index (κ3) is 3.56. The molecule has 1 aromatic rings. The van der Waals surface area contributed by atoms with Crippen molar-refractivity contribution >= 4 is 11.4 Å². The second-order valence-electron chi connectivity index (χ2n) is 3.53. The van der Waals surface area contributed by atoms with Crippen LogP contribution < -0.4 is 10.1 Å². The van der Waals surface area contributed by atoms with Crippen LogP contribution in [-0.4, -0.2) is 32.3 Å². The largest absolute Gasteiger partial charge is 0.494 e. The minimum Gasteiger partial charge on any atom is -0.494 e. The number of nitrogens with zero attached hydrogens (tertiary/aromatic N) is 1. The molecule has 6 nitrogen and oxygen atoms in total. The van der Waals surface area contributed by atoms with Gasteiger partial charge in [-0.2, -0.15) is 0 Å². The van der Waals surface area contributed by atoms with Crippen molar-refractivity contribution in [2.75, 3.05) is 32.7 Å². The van der Waals surface area contributed by atoms with E-state index in [-0.39, 0.29) is 17.1 Å². The highest BCUT2D eigenvalue weighted by atomic mass is 19.1. The Labute approximate surface area is 104 Å². The number of hydrogen-bond donors (Lipinski definition) is 1. The Balaban J connectivity index is 2.88. The molecule has 0 aliphatic rings. The number of anilines is 1. The number of methoxy groups -OCH3 is 2. The lowest BCUT2D eigenvalue weighted by molar-refractivity contribution is -0.384. The van der Waals surface area contributed by atoms with E-state index < -0.39 is 10.7 Å². The molecule has 0 aliphatic heterocycles. The molecule has 0 heterocycles. The third-order valence-corrected chi connectivity index (χ3v) is 2.31. The second-order valence-corrected chi connectivity index (χ2v) is 3.53. The minimum atomic E-state index is -0.758. The predicted octanol–water partition coefficient (Wildman–Crippen LogP) is 2.19. The van der Waals surface area contributed by atoms with Gasteiger partial charge >= 0.3 is 0 Å². The highest BCUT2D eigenvalue weighted by Crippen LogP contribution is 2.31. The average molecular weight is 258 g/mol. The van der Waals surface area contributed by atoms with Crippen LogP contribution in [0.3, 0.4) is 0 Å². The lowest BCUT2D eigenvalue weighted by atomic mass is 10.2. The first-order valence-corrected chi connectivity index (χ1v) is 5.35. The molecular weight excluding hydrogens is 243 g/mol. The molecule has 0 saturated carbocycles. The lowest BCUT2D eigenvalue weighted by Crippen LogP contribution is -2.07. The standard InChI is InChI=1S/C11H15FN2O4/c1-17-5-3-4-13-9-7-11(18-2)8(12)6-10(9)14(15)16/h6-7,13H,3-5H2,1-2H3. The van der Waals surface area contributed by atoms with Crippen LogP contribution in [0.5, 0.6) is 5.75 Å². The fourth-order valence-electron chi connectivity index (χ4n) is 1.43. The van der Waals surface area contributed by atoms with Gasteiger partial charge in [-0.1, -0.05) is 0 Å². The van der Waals surface area contributed by atoms with Gasteiger partial charge in [0, 0.05) is 26.3 Å². The molecule has 0 aliphatic carbocycles. The van der Waals surface area contributed by atoms with Crippen molar-refractivity contribution in [3.05, 3.63) is 28.1 Å². The van der Waals surface area contributed by atoms with Crippen molar-refractivity contribution in [3.8, 4) is 5.75 Å². The van der Waals surface area contributed by atoms with Crippen LogP contribution in [-0.2, 0) is 4.74 Å². The van der Waals surface area contributed by atoms with Crippen molar-refractivity contribution in [3.63, 3.8) is 0 Å². The Bertz CT molecular complexity index is 426. The van der Waals surface area contributed by atoms with Crippen LogP contribution >= 0.6 is 0 Å². The Morgan fingerprint density at radius 1 is 1.44 bits per heavy atom. The summed E-state index contributed by atoms with van der Waals surface area (Å²) >= 11 is 0. The summed E-state index contributed by atoms with van der Waals surface area (Å²) in [6.07, 6.45) is 0.688. The van der Waals surface area contributed by atoms with E-state index in [1.165, 1.54) is 13.2 Å². The summed E-state index contributed by atoms with van der Waals surface area (Å²) in [5, 5.41) is 13.7. The van der Waals surface area contributed by atoms with Crippen LogP contribution in [0.15, 0.2) is 12.1 Å². The zero-order valence-electron chi connectivity index (χ0n) is 10.2. The molecule has 0 spiro atoms. The van der Waals surface area contributed by atoms with Crippen molar-refractivity contribution < 1.29 is 18.8 Å². The maximum Gasteiger partial charge on any atom is 0.295 e. The van der Waals surface area contributed by atoms with E-state index in [1.807, 2.05) is 0 Å². The van der Waals surface area contributed by atoms with Gasteiger partial charge in [-0.15, -0.1) is 0 Å². The van der Waals surface area contributed by atoms with Crippen molar-refractivity contribution in [1.82, 2.24) is 0 Å². The first-order valence-electron chi connectivity index (χ1n) is 5.35. The first kappa shape index (κ1) is 14.2. The molecule has 18 heavy (non-hydrogen) atoms. The van der Waals surface area contributed by atoms with Gasteiger partial charge in [-0.05, 0) is 6.42 Å². The summed E-state index contributed by atoms with van der Waals surface area (Å²) in [6.45, 7) is 1.03. The fraction of sp³-hybridized carbons (Fsp3) is 0.455. The SMILES string of the molecule is COCCCNc1cc(OC)c(F)cc1[N+](=O)[O-]. The number of halogens is 1. The fourth-order valence-corrected chi connectivity index (χ4v) is 1.43. The number of nitro groups is 1. The van der Waals surface area contributed by atoms with Gasteiger partial charge < -0.3 is 14.8 Å². The molecule has 7 heteroatoms. The van der Waals surface area contributed by atoms with Crippen LogP contribution in [0.4, 0.5) is 15.8 Å². The van der Waals surface area contributed by atoms with Gasteiger partial charge in [0.1, 0.15) is 5.69 Å². The van der Waals surface area contributed by atoms with Gasteiger partial charge in [-0.3, -0.25) is 10.1 Å². The van der Waals surface area contributed by atoms with Gasteiger partial charge in [0.2, 0.25) is 0 Å². The Morgan fingerprint density at radius 2 is 2.17 bits per heavy atom. The Hall–Kier alpha value is -1.89. The minimum absolute atomic E-state index is 0.0326. The number of nitro benzene ring substituents is 1. The summed E-state index contributed by atoms with van der Waals surface area (Å²) < 4.78 is 23.0. The number of benzene rings is 1. The molecule has 1 aromatic carbocycles. The smallest absolute Gasteiger partial charge is 0.295 e. The Morgan fingerprint density at radius 3 is 2.72 bits per heavy atom. The van der Waals surface area contributed by atoms with Crippen LogP contribution in [0.1, 0.15) is 6.42 Å². The molecule has 100 valence electrons. The van der Waals surface area contributed by atoms with E-state index in [4.69, 9.17) is 9.47 Å². The molecule has 0 amide bonds. The normalized spacial score (nSPS) is 10.2. The highest BCUT2D eigenvalue weighted by Gasteiger charge is 2.18. The van der Waals surface area contributed by atoms with Gasteiger partial charge in [-0.25, -0.2) is 4.39 Å². The number of ether oxygens (including phenoxy) is 2. The maximum absolute atomic E-state index is 13.4. The van der Waals surface area contributed by atoms with Gasteiger partial charge in [0.25, 0.3) is 5.69 Å². The molecule has 0 atom stereocenters. The average Bonchev–Trinajstić information content (AvgIpc) is 2.35. The third-order valence-electron chi connectivity index (χ3n) is 2.31. The monoisotopic (exact) mass is 258 g/mol. The van der Waals surface area contributed by atoms with Crippen LogP contribution in [0.25, 0.3) is 0 Å². The molecule has 1 rings (SSSR count). The zero-order valence-corrected chi connectivity index (χ0v) is 10.2. The van der Waals surface area contributed by atoms with E-state index in [2.05, 4.69) is 5.32 Å². The summed E-state index contributed by atoms with van der Waals surface area (Å²) in [5.41, 5.74) is -0.0833. The molecule has 0 saturated heterocycles. The summed E-state index contributed by atoms with van der Waals surface area (Å²) in [4.78, 5) is 10.2. The van der Waals surface area contributed by atoms with Gasteiger partial charge in [0.15, 0.2) is 11.6 Å². The summed E-state index contributed by atoms with van der Waals surface area (Å²) in [6, 6.07) is 2.12. The molecule has 0 bridgehead atoms. The van der Waals surface area contributed by atoms with E-state index in [0.29, 0.717) is 19.6 Å². The molecule has 0 unspecified atom stereocenters. The summed E-state index contributed by atoms with van der Waals surface area (Å²) in [5.74, 6) is -0.790. The van der Waals surface area contributed by atoms with Crippen molar-refractivity contribution in [1.29, 1.82) is 0 Å². The summed E-state index contributed by atoms with van der Waals surface area (Å²) in [7, 11) is 2.88. The molecular formula is C11H15FN2O4. The van der Waals surface area contributed by atoms with Crippen molar-refractivity contribution in [2.45, 2.75) is 6.42 Å². The van der Waals surface area contributed by atoms with E-state index in [1.54, 1.807) is 7.11 Å². The van der Waals surface area contributed by atoms with E-state index in [0.717, 1.165) is 6.07 Å². The van der Waals surface area contributed by atoms with Gasteiger partial charge in [0.05, 0.1) is 18.1 Å². The number of rotatable bonds is 7. The van der Waals surface area contributed by atoms with E-state index in [9.17, 15) is 14.5 Å². The first-order chi connectivity index (χ1) is 8.60. The molecule has 0 radical (unpaired) electrons.